The lowest BCUT2D eigenvalue weighted by atomic mass is 9.87. The van der Waals surface area contributed by atoms with Gasteiger partial charge in [-0.05, 0) is 40.5 Å². The van der Waals surface area contributed by atoms with E-state index in [1.807, 2.05) is 31.2 Å². The molecule has 2 aliphatic rings. The van der Waals surface area contributed by atoms with Gasteiger partial charge in [0.15, 0.2) is 0 Å². The molecule has 1 atom stereocenters. The fourth-order valence-corrected chi connectivity index (χ4v) is 5.23. The summed E-state index contributed by atoms with van der Waals surface area (Å²) < 4.78 is 5.24. The molecule has 0 radical (unpaired) electrons. The molecule has 2 heterocycles. The molecule has 2 aliphatic heterocycles. The Hall–Kier alpha value is -3.42. The second kappa shape index (κ2) is 9.68. The van der Waals surface area contributed by atoms with Crippen molar-refractivity contribution in [3.05, 3.63) is 77.9 Å². The number of nitrogens with one attached hydrogen (secondary N) is 1. The molecule has 3 aromatic carbocycles. The van der Waals surface area contributed by atoms with Crippen molar-refractivity contribution in [1.29, 1.82) is 0 Å². The zero-order chi connectivity index (χ0) is 24.4. The van der Waals surface area contributed by atoms with Gasteiger partial charge in [0.05, 0.1) is 13.8 Å². The summed E-state index contributed by atoms with van der Waals surface area (Å²) in [5.41, 5.74) is 1.08. The van der Waals surface area contributed by atoms with E-state index in [2.05, 4.69) is 57.6 Å². The van der Waals surface area contributed by atoms with E-state index in [1.54, 1.807) is 7.11 Å². The maximum atomic E-state index is 13.5. The molecule has 0 spiro atoms. The second-order valence-corrected chi connectivity index (χ2v) is 9.32. The number of fused-ring (bicyclic) bond motifs is 1. The van der Waals surface area contributed by atoms with E-state index >= 15 is 0 Å². The first kappa shape index (κ1) is 23.3. The zero-order valence-corrected chi connectivity index (χ0v) is 20.4. The molecule has 5 rings (SSSR count). The van der Waals surface area contributed by atoms with Crippen molar-refractivity contribution in [1.82, 2.24) is 20.0 Å². The Kier molecular flexibility index (Phi) is 6.45. The van der Waals surface area contributed by atoms with Crippen LogP contribution in [0.2, 0.25) is 0 Å². The summed E-state index contributed by atoms with van der Waals surface area (Å²) in [5, 5.41) is 5.54. The number of benzene rings is 3. The topological polar surface area (TPSA) is 65.1 Å². The molecule has 7 nitrogen and oxygen atoms in total. The van der Waals surface area contributed by atoms with Gasteiger partial charge in [0.25, 0.3) is 5.91 Å². The van der Waals surface area contributed by atoms with Crippen LogP contribution in [-0.4, -0.2) is 66.6 Å². The fraction of sp³-hybridized carbons (Fsp3) is 0.357. The number of amides is 3. The van der Waals surface area contributed by atoms with Crippen molar-refractivity contribution in [3.8, 4) is 5.75 Å². The van der Waals surface area contributed by atoms with E-state index in [9.17, 15) is 9.59 Å². The minimum atomic E-state index is -1.03. The van der Waals surface area contributed by atoms with Crippen molar-refractivity contribution < 1.29 is 14.3 Å². The highest BCUT2D eigenvalue weighted by molar-refractivity contribution is 6.07. The van der Waals surface area contributed by atoms with E-state index < -0.39 is 5.54 Å². The van der Waals surface area contributed by atoms with Crippen LogP contribution in [0.25, 0.3) is 10.8 Å². The van der Waals surface area contributed by atoms with E-state index in [4.69, 9.17) is 4.74 Å². The van der Waals surface area contributed by atoms with Crippen LogP contribution in [0.1, 0.15) is 24.5 Å². The standard InChI is InChI=1S/C28H32N4O3/c1-3-28(23-11-13-24(35-2)14-12-23)26(33)32(27(34)29-28)20-31-17-15-30(16-18-31)19-22-9-6-8-21-7-4-5-10-25(21)22/h4-14H,3,15-20H2,1-2H3,(H,29,34)/t28-/m1/s1. The maximum absolute atomic E-state index is 13.5. The van der Waals surface area contributed by atoms with Gasteiger partial charge in [-0.2, -0.15) is 0 Å². The SMILES string of the molecule is CC[C@]1(c2ccc(OC)cc2)NC(=O)N(CN2CCN(Cc3cccc4ccccc34)CC2)C1=O. The van der Waals surface area contributed by atoms with Crippen molar-refractivity contribution in [3.63, 3.8) is 0 Å². The minimum Gasteiger partial charge on any atom is -0.497 e. The normalized spacial score (nSPS) is 21.5. The molecule has 0 aromatic heterocycles. The molecular formula is C28H32N4O3. The number of methoxy groups -OCH3 is 1. The monoisotopic (exact) mass is 472 g/mol. The number of urea groups is 1. The Morgan fingerprint density at radius 2 is 1.57 bits per heavy atom. The van der Waals surface area contributed by atoms with Crippen molar-refractivity contribution in [2.45, 2.75) is 25.4 Å². The Morgan fingerprint density at radius 3 is 2.29 bits per heavy atom. The first-order valence-electron chi connectivity index (χ1n) is 12.2. The van der Waals surface area contributed by atoms with Crippen LogP contribution in [-0.2, 0) is 16.9 Å². The Morgan fingerprint density at radius 1 is 0.886 bits per heavy atom. The summed E-state index contributed by atoms with van der Waals surface area (Å²) in [4.78, 5) is 32.4. The van der Waals surface area contributed by atoms with Gasteiger partial charge < -0.3 is 10.1 Å². The number of rotatable bonds is 7. The number of carbonyl (C=O) groups excluding carboxylic acids is 2. The van der Waals surface area contributed by atoms with E-state index in [-0.39, 0.29) is 11.9 Å². The second-order valence-electron chi connectivity index (χ2n) is 9.32. The molecule has 2 saturated heterocycles. The summed E-state index contributed by atoms with van der Waals surface area (Å²) in [6.45, 7) is 6.54. The predicted molar refractivity (Wildman–Crippen MR) is 136 cm³/mol. The van der Waals surface area contributed by atoms with Crippen molar-refractivity contribution in [2.24, 2.45) is 0 Å². The molecular weight excluding hydrogens is 440 g/mol. The lowest BCUT2D eigenvalue weighted by Crippen LogP contribution is -2.51. The summed E-state index contributed by atoms with van der Waals surface area (Å²) in [6, 6.07) is 22.0. The van der Waals surface area contributed by atoms with Crippen LogP contribution < -0.4 is 10.1 Å². The maximum Gasteiger partial charge on any atom is 0.326 e. The molecule has 182 valence electrons. The molecule has 2 fully saturated rings. The molecule has 0 unspecified atom stereocenters. The van der Waals surface area contributed by atoms with E-state index in [1.165, 1.54) is 21.2 Å². The van der Waals surface area contributed by atoms with Crippen molar-refractivity contribution in [2.75, 3.05) is 40.0 Å². The van der Waals surface area contributed by atoms with Gasteiger partial charge in [-0.3, -0.25) is 14.6 Å². The third-order valence-corrected chi connectivity index (χ3v) is 7.37. The van der Waals surface area contributed by atoms with Crippen LogP contribution in [0.5, 0.6) is 5.75 Å². The van der Waals surface area contributed by atoms with Gasteiger partial charge in [-0.1, -0.05) is 61.5 Å². The number of nitrogens with zero attached hydrogens (tertiary/aromatic N) is 3. The smallest absolute Gasteiger partial charge is 0.326 e. The number of carbonyl (C=O) groups is 2. The molecule has 0 bridgehead atoms. The number of ether oxygens (including phenoxy) is 1. The molecule has 0 aliphatic carbocycles. The number of piperazine rings is 1. The summed E-state index contributed by atoms with van der Waals surface area (Å²) >= 11 is 0. The quantitative estimate of drug-likeness (QED) is 0.530. The fourth-order valence-electron chi connectivity index (χ4n) is 5.23. The largest absolute Gasteiger partial charge is 0.497 e. The van der Waals surface area contributed by atoms with Gasteiger partial charge in [0, 0.05) is 32.7 Å². The summed E-state index contributed by atoms with van der Waals surface area (Å²) in [7, 11) is 1.61. The molecule has 7 heteroatoms. The van der Waals surface area contributed by atoms with Gasteiger partial charge in [-0.25, -0.2) is 9.69 Å². The van der Waals surface area contributed by atoms with E-state index in [0.29, 0.717) is 13.1 Å². The zero-order valence-electron chi connectivity index (χ0n) is 20.4. The minimum absolute atomic E-state index is 0.187. The van der Waals surface area contributed by atoms with Gasteiger partial charge in [0.1, 0.15) is 11.3 Å². The number of imide groups is 1. The summed E-state index contributed by atoms with van der Waals surface area (Å²) in [6.07, 6.45) is 0.485. The highest BCUT2D eigenvalue weighted by atomic mass is 16.5. The van der Waals surface area contributed by atoms with Crippen LogP contribution in [0.3, 0.4) is 0 Å². The van der Waals surface area contributed by atoms with Crippen LogP contribution in [0.15, 0.2) is 66.7 Å². The number of hydrogen-bond donors (Lipinski definition) is 1. The summed E-state index contributed by atoms with van der Waals surface area (Å²) in [5.74, 6) is 0.531. The predicted octanol–water partition coefficient (Wildman–Crippen LogP) is 3.78. The Labute approximate surface area is 206 Å². The molecule has 3 aromatic rings. The van der Waals surface area contributed by atoms with Crippen LogP contribution >= 0.6 is 0 Å². The Bertz CT molecular complexity index is 1220. The Balaban J connectivity index is 1.22. The lowest BCUT2D eigenvalue weighted by molar-refractivity contribution is -0.133. The average Bonchev–Trinajstić information content (AvgIpc) is 3.15. The molecule has 0 saturated carbocycles. The van der Waals surface area contributed by atoms with Crippen molar-refractivity contribution >= 4 is 22.7 Å². The average molecular weight is 473 g/mol. The lowest BCUT2D eigenvalue weighted by Gasteiger charge is -2.36. The third-order valence-electron chi connectivity index (χ3n) is 7.37. The van der Waals surface area contributed by atoms with Crippen LogP contribution in [0.4, 0.5) is 4.79 Å². The molecule has 1 N–H and O–H groups in total. The van der Waals surface area contributed by atoms with Gasteiger partial charge in [0.2, 0.25) is 0 Å². The first-order chi connectivity index (χ1) is 17.0. The molecule has 35 heavy (non-hydrogen) atoms. The third kappa shape index (κ3) is 4.37. The van der Waals surface area contributed by atoms with Gasteiger partial charge >= 0.3 is 6.03 Å². The number of hydrogen-bond acceptors (Lipinski definition) is 5. The van der Waals surface area contributed by atoms with Gasteiger partial charge in [-0.15, -0.1) is 0 Å². The molecule has 3 amide bonds. The van der Waals surface area contributed by atoms with E-state index in [0.717, 1.165) is 44.0 Å². The van der Waals surface area contributed by atoms with Crippen LogP contribution in [0, 0.1) is 0 Å². The highest BCUT2D eigenvalue weighted by Gasteiger charge is 2.51. The highest BCUT2D eigenvalue weighted by Crippen LogP contribution is 2.33. The first-order valence-corrected chi connectivity index (χ1v) is 12.2.